The molecule has 0 aromatic heterocycles. The zero-order valence-electron chi connectivity index (χ0n) is 11.2. The van der Waals surface area contributed by atoms with Crippen LogP contribution in [0.4, 0.5) is 0 Å². The summed E-state index contributed by atoms with van der Waals surface area (Å²) in [6, 6.07) is 8.49. The van der Waals surface area contributed by atoms with Crippen molar-refractivity contribution in [2.45, 2.75) is 26.2 Å². The number of benzene rings is 1. The van der Waals surface area contributed by atoms with Gasteiger partial charge in [-0.2, -0.15) is 0 Å². The number of rotatable bonds is 5. The first kappa shape index (κ1) is 13.2. The minimum Gasteiger partial charge on any atom is -0.489 e. The third kappa shape index (κ3) is 4.19. The number of hydrogen-bond acceptors (Lipinski definition) is 2. The second-order valence-corrected chi connectivity index (χ2v) is 5.31. The maximum atomic E-state index is 5.60. The van der Waals surface area contributed by atoms with Gasteiger partial charge in [-0.3, -0.25) is 0 Å². The zero-order chi connectivity index (χ0) is 12.8. The van der Waals surface area contributed by atoms with Crippen LogP contribution in [0.15, 0.2) is 36.4 Å². The summed E-state index contributed by atoms with van der Waals surface area (Å²) in [6.45, 7) is 8.76. The third-order valence-corrected chi connectivity index (χ3v) is 3.33. The number of ether oxygens (including phenoxy) is 1. The molecule has 0 amide bonds. The number of hydrogen-bond donors (Lipinski definition) is 1. The molecule has 1 N–H and O–H groups in total. The molecule has 2 nitrogen and oxygen atoms in total. The van der Waals surface area contributed by atoms with E-state index in [9.17, 15) is 0 Å². The summed E-state index contributed by atoms with van der Waals surface area (Å²) in [4.78, 5) is 0. The van der Waals surface area contributed by atoms with Crippen LogP contribution < -0.4 is 10.1 Å². The van der Waals surface area contributed by atoms with Gasteiger partial charge in [0.2, 0.25) is 0 Å². The number of nitrogens with one attached hydrogen (secondary N) is 1. The highest BCUT2D eigenvalue weighted by Crippen LogP contribution is 2.19. The SMILES string of the molecule is C=C(C)COc1ccc(CC2CCCNC2)cc1. The van der Waals surface area contributed by atoms with Crippen LogP contribution in [-0.4, -0.2) is 19.7 Å². The lowest BCUT2D eigenvalue weighted by molar-refractivity contribution is 0.352. The molecule has 1 unspecified atom stereocenters. The Morgan fingerprint density at radius 1 is 1.39 bits per heavy atom. The Labute approximate surface area is 110 Å². The molecule has 1 aliphatic heterocycles. The van der Waals surface area contributed by atoms with Crippen molar-refractivity contribution in [2.75, 3.05) is 19.7 Å². The minimum absolute atomic E-state index is 0.603. The Balaban J connectivity index is 1.84. The van der Waals surface area contributed by atoms with E-state index in [0.29, 0.717) is 6.61 Å². The van der Waals surface area contributed by atoms with Gasteiger partial charge in [0.1, 0.15) is 12.4 Å². The standard InChI is InChI=1S/C16H23NO/c1-13(2)12-18-16-7-5-14(6-8-16)10-15-4-3-9-17-11-15/h5-8,15,17H,1,3-4,9-12H2,2H3. The van der Waals surface area contributed by atoms with Crippen molar-refractivity contribution in [3.63, 3.8) is 0 Å². The van der Waals surface area contributed by atoms with E-state index in [1.165, 1.54) is 31.4 Å². The lowest BCUT2D eigenvalue weighted by Gasteiger charge is -2.22. The molecule has 0 aliphatic carbocycles. The molecule has 1 saturated heterocycles. The molecule has 18 heavy (non-hydrogen) atoms. The maximum absolute atomic E-state index is 5.60. The first-order chi connectivity index (χ1) is 8.74. The van der Waals surface area contributed by atoms with Crippen LogP contribution >= 0.6 is 0 Å². The molecule has 1 aliphatic rings. The van der Waals surface area contributed by atoms with Crippen LogP contribution in [0.2, 0.25) is 0 Å². The molecule has 1 aromatic rings. The molecule has 0 spiro atoms. The van der Waals surface area contributed by atoms with Crippen molar-refractivity contribution in [1.82, 2.24) is 5.32 Å². The average Bonchev–Trinajstić information content (AvgIpc) is 2.39. The Bertz CT molecular complexity index is 377. The van der Waals surface area contributed by atoms with Gasteiger partial charge in [0.15, 0.2) is 0 Å². The van der Waals surface area contributed by atoms with Gasteiger partial charge < -0.3 is 10.1 Å². The highest BCUT2D eigenvalue weighted by Gasteiger charge is 2.13. The fourth-order valence-electron chi connectivity index (χ4n) is 2.36. The first-order valence-electron chi connectivity index (χ1n) is 6.81. The van der Waals surface area contributed by atoms with Crippen molar-refractivity contribution >= 4 is 0 Å². The molecule has 1 atom stereocenters. The topological polar surface area (TPSA) is 21.3 Å². The molecule has 2 rings (SSSR count). The van der Waals surface area contributed by atoms with Crippen LogP contribution in [0.5, 0.6) is 5.75 Å². The van der Waals surface area contributed by atoms with Crippen LogP contribution in [0.25, 0.3) is 0 Å². The first-order valence-corrected chi connectivity index (χ1v) is 6.81. The van der Waals surface area contributed by atoms with Gasteiger partial charge in [-0.15, -0.1) is 0 Å². The fraction of sp³-hybridized carbons (Fsp3) is 0.500. The average molecular weight is 245 g/mol. The summed E-state index contributed by atoms with van der Waals surface area (Å²) in [5, 5.41) is 3.46. The fourth-order valence-corrected chi connectivity index (χ4v) is 2.36. The Morgan fingerprint density at radius 3 is 2.78 bits per heavy atom. The molecule has 1 aromatic carbocycles. The van der Waals surface area contributed by atoms with Crippen molar-refractivity contribution in [2.24, 2.45) is 5.92 Å². The van der Waals surface area contributed by atoms with Crippen molar-refractivity contribution in [3.8, 4) is 5.75 Å². The lowest BCUT2D eigenvalue weighted by Crippen LogP contribution is -2.30. The van der Waals surface area contributed by atoms with E-state index in [1.54, 1.807) is 0 Å². The second kappa shape index (κ2) is 6.60. The molecule has 0 bridgehead atoms. The van der Waals surface area contributed by atoms with E-state index in [0.717, 1.165) is 23.8 Å². The molecule has 2 heteroatoms. The summed E-state index contributed by atoms with van der Waals surface area (Å²) >= 11 is 0. The number of piperidine rings is 1. The van der Waals surface area contributed by atoms with Crippen molar-refractivity contribution < 1.29 is 4.74 Å². The van der Waals surface area contributed by atoms with Gasteiger partial charge in [0, 0.05) is 0 Å². The summed E-state index contributed by atoms with van der Waals surface area (Å²) in [6.07, 6.45) is 3.83. The van der Waals surface area contributed by atoms with E-state index in [2.05, 4.69) is 36.2 Å². The molecule has 1 heterocycles. The largest absolute Gasteiger partial charge is 0.489 e. The van der Waals surface area contributed by atoms with Gasteiger partial charge >= 0.3 is 0 Å². The summed E-state index contributed by atoms with van der Waals surface area (Å²) in [7, 11) is 0. The predicted molar refractivity (Wildman–Crippen MR) is 76.0 cm³/mol. The monoisotopic (exact) mass is 245 g/mol. The van der Waals surface area contributed by atoms with E-state index in [-0.39, 0.29) is 0 Å². The molecule has 0 radical (unpaired) electrons. The molecular formula is C16H23NO. The van der Waals surface area contributed by atoms with Gasteiger partial charge in [-0.05, 0) is 68.5 Å². The van der Waals surface area contributed by atoms with Crippen molar-refractivity contribution in [1.29, 1.82) is 0 Å². The summed E-state index contributed by atoms with van der Waals surface area (Å²) < 4.78 is 5.60. The Morgan fingerprint density at radius 2 is 2.17 bits per heavy atom. The van der Waals surface area contributed by atoms with Crippen LogP contribution in [0.3, 0.4) is 0 Å². The van der Waals surface area contributed by atoms with Crippen LogP contribution in [0.1, 0.15) is 25.3 Å². The normalized spacial score (nSPS) is 19.5. The van der Waals surface area contributed by atoms with E-state index < -0.39 is 0 Å². The van der Waals surface area contributed by atoms with Gasteiger partial charge in [0.25, 0.3) is 0 Å². The molecule has 0 saturated carbocycles. The molecular weight excluding hydrogens is 222 g/mol. The lowest BCUT2D eigenvalue weighted by atomic mass is 9.92. The van der Waals surface area contributed by atoms with Crippen LogP contribution in [0, 0.1) is 5.92 Å². The highest BCUT2D eigenvalue weighted by molar-refractivity contribution is 5.28. The predicted octanol–water partition coefficient (Wildman–Crippen LogP) is 3.18. The maximum Gasteiger partial charge on any atom is 0.119 e. The molecule has 98 valence electrons. The van der Waals surface area contributed by atoms with E-state index in [4.69, 9.17) is 4.74 Å². The summed E-state index contributed by atoms with van der Waals surface area (Å²) in [5.41, 5.74) is 2.46. The van der Waals surface area contributed by atoms with Gasteiger partial charge in [0.05, 0.1) is 0 Å². The third-order valence-electron chi connectivity index (χ3n) is 3.33. The minimum atomic E-state index is 0.603. The Kier molecular flexibility index (Phi) is 4.82. The molecule has 1 fully saturated rings. The smallest absolute Gasteiger partial charge is 0.119 e. The van der Waals surface area contributed by atoms with E-state index in [1.807, 2.05) is 6.92 Å². The zero-order valence-corrected chi connectivity index (χ0v) is 11.2. The highest BCUT2D eigenvalue weighted by atomic mass is 16.5. The van der Waals surface area contributed by atoms with Gasteiger partial charge in [-0.1, -0.05) is 18.7 Å². The van der Waals surface area contributed by atoms with Crippen LogP contribution in [-0.2, 0) is 6.42 Å². The van der Waals surface area contributed by atoms with Crippen molar-refractivity contribution in [3.05, 3.63) is 42.0 Å². The Hall–Kier alpha value is -1.28. The summed E-state index contributed by atoms with van der Waals surface area (Å²) in [5.74, 6) is 1.73. The second-order valence-electron chi connectivity index (χ2n) is 5.31. The van der Waals surface area contributed by atoms with Gasteiger partial charge in [-0.25, -0.2) is 0 Å². The van der Waals surface area contributed by atoms with E-state index >= 15 is 0 Å². The quantitative estimate of drug-likeness (QED) is 0.804.